The van der Waals surface area contributed by atoms with E-state index in [1.807, 2.05) is 39.0 Å². The molecule has 2 aromatic heterocycles. The highest BCUT2D eigenvalue weighted by Crippen LogP contribution is 2.46. The number of fused-ring (bicyclic) bond motifs is 1. The number of ether oxygens (including phenoxy) is 10. The number of ketones is 1. The average molecular weight is 1270 g/mol. The number of aromatic nitrogens is 2. The maximum Gasteiger partial charge on any atom is 0.410 e. The molecule has 2 amide bonds. The lowest BCUT2D eigenvalue weighted by molar-refractivity contribution is -0.318. The van der Waals surface area contributed by atoms with Gasteiger partial charge in [0.15, 0.2) is 29.7 Å². The van der Waals surface area contributed by atoms with Crippen LogP contribution in [0.2, 0.25) is 10.0 Å². The van der Waals surface area contributed by atoms with E-state index in [1.165, 1.54) is 25.3 Å². The van der Waals surface area contributed by atoms with Crippen molar-refractivity contribution in [1.29, 1.82) is 0 Å². The number of esters is 1. The van der Waals surface area contributed by atoms with E-state index < -0.39 is 120 Å². The Hall–Kier alpha value is -4.94. The van der Waals surface area contributed by atoms with Gasteiger partial charge >= 0.3 is 12.1 Å². The Kier molecular flexibility index (Phi) is 22.8. The molecule has 8 rings (SSSR count). The SMILES string of the molecule is CC[C@H]1OC(=O)[C@H](C)[C@@H](O[C@H]2C[C@@](C)(OC)[C@@H](O)[C@H](C)O2)[C@H](C)[C@@H](O[C@@H]2O[C@H](C)C[C@H](N(C)C(=O)c3cccnc3)[C@H]2O)[C@](C)(OC)C[C@@H](C)C(=O)[C@H](C)[C@H]2N(CCCN(Cc3c(Cl)cncc3Cl)c3ccc(OC)c(OC4CCCC4)c3)C(=O)O[C@]12C. The number of anilines is 1. The summed E-state index contributed by atoms with van der Waals surface area (Å²) >= 11 is 13.6. The Labute approximate surface area is 528 Å². The number of benzene rings is 1. The minimum absolute atomic E-state index is 0.0260. The lowest BCUT2D eigenvalue weighted by Crippen LogP contribution is -2.62. The van der Waals surface area contributed by atoms with Crippen LogP contribution < -0.4 is 14.4 Å². The number of halogens is 2. The van der Waals surface area contributed by atoms with Crippen molar-refractivity contribution >= 4 is 52.6 Å². The molecule has 0 bridgehead atoms. The quantitative estimate of drug-likeness (QED) is 0.106. The number of nitrogens with zero attached hydrogens (tertiary/aromatic N) is 5. The fourth-order valence-corrected chi connectivity index (χ4v) is 14.7. The summed E-state index contributed by atoms with van der Waals surface area (Å²) in [6, 6.07) is 7.30. The summed E-state index contributed by atoms with van der Waals surface area (Å²) in [5.41, 5.74) is -2.36. The largest absolute Gasteiger partial charge is 0.493 e. The van der Waals surface area contributed by atoms with E-state index in [0.29, 0.717) is 45.6 Å². The molecule has 1 aromatic carbocycles. The first-order chi connectivity index (χ1) is 41.7. The lowest BCUT2D eigenvalue weighted by Gasteiger charge is -2.50. The van der Waals surface area contributed by atoms with E-state index in [-0.39, 0.29) is 56.6 Å². The zero-order chi connectivity index (χ0) is 64.2. The smallest absolute Gasteiger partial charge is 0.410 e. The van der Waals surface area contributed by atoms with Crippen molar-refractivity contribution in [1.82, 2.24) is 19.8 Å². The summed E-state index contributed by atoms with van der Waals surface area (Å²) in [6.07, 6.45) is 0.872. The number of aliphatic hydroxyl groups is 2. The summed E-state index contributed by atoms with van der Waals surface area (Å²) in [6.45, 7) is 18.5. The molecule has 0 radical (unpaired) electrons. The second kappa shape index (κ2) is 29.1. The van der Waals surface area contributed by atoms with Crippen molar-refractivity contribution in [2.45, 2.75) is 224 Å². The number of aliphatic hydroxyl groups excluding tert-OH is 2. The van der Waals surface area contributed by atoms with Gasteiger partial charge < -0.3 is 72.3 Å². The van der Waals surface area contributed by atoms with Gasteiger partial charge in [0.1, 0.15) is 24.1 Å². The maximum atomic E-state index is 15.6. The van der Waals surface area contributed by atoms with Gasteiger partial charge in [-0.2, -0.15) is 0 Å². The molecule has 488 valence electrons. The maximum absolute atomic E-state index is 15.6. The summed E-state index contributed by atoms with van der Waals surface area (Å²) < 4.78 is 64.8. The molecule has 3 aromatic rings. The van der Waals surface area contributed by atoms with Crippen LogP contribution in [0.4, 0.5) is 10.5 Å². The van der Waals surface area contributed by atoms with Crippen LogP contribution in [-0.2, 0) is 54.0 Å². The minimum Gasteiger partial charge on any atom is -0.493 e. The van der Waals surface area contributed by atoms with Gasteiger partial charge in [-0.1, -0.05) is 50.9 Å². The van der Waals surface area contributed by atoms with Crippen LogP contribution in [0.1, 0.15) is 143 Å². The van der Waals surface area contributed by atoms with Crippen molar-refractivity contribution in [3.8, 4) is 11.5 Å². The molecule has 5 aliphatic rings. The molecule has 4 saturated heterocycles. The molecule has 2 N–H and O–H groups in total. The van der Waals surface area contributed by atoms with Gasteiger partial charge in [0.25, 0.3) is 5.91 Å². The van der Waals surface area contributed by atoms with E-state index in [0.717, 1.165) is 31.4 Å². The van der Waals surface area contributed by atoms with Crippen molar-refractivity contribution in [2.75, 3.05) is 46.4 Å². The molecule has 1 aliphatic carbocycles. The number of likely N-dealkylation sites (N-methyl/N-ethyl adjacent to an activating group) is 1. The fraction of sp³-hybridized carbons (Fsp3) is 0.692. The number of hydrogen-bond donors (Lipinski definition) is 2. The van der Waals surface area contributed by atoms with Crippen LogP contribution in [0.3, 0.4) is 0 Å². The number of rotatable bonds is 19. The van der Waals surface area contributed by atoms with Crippen LogP contribution in [0.15, 0.2) is 55.1 Å². The molecule has 21 nitrogen and oxygen atoms in total. The Bertz CT molecular complexity index is 2860. The van der Waals surface area contributed by atoms with Crippen molar-refractivity contribution in [2.24, 2.45) is 23.7 Å². The highest BCUT2D eigenvalue weighted by atomic mass is 35.5. The van der Waals surface area contributed by atoms with E-state index in [1.54, 1.807) is 98.2 Å². The van der Waals surface area contributed by atoms with Gasteiger partial charge in [-0.3, -0.25) is 24.4 Å². The van der Waals surface area contributed by atoms with Crippen molar-refractivity contribution < 1.29 is 76.8 Å². The van der Waals surface area contributed by atoms with E-state index in [4.69, 9.17) is 70.6 Å². The van der Waals surface area contributed by atoms with Crippen LogP contribution in [0.25, 0.3) is 0 Å². The topological polar surface area (TPSA) is 237 Å². The molecule has 23 heteroatoms. The number of carbonyl (C=O) groups excluding carboxylic acids is 4. The number of hydrogen-bond acceptors (Lipinski definition) is 19. The number of cyclic esters (lactones) is 1. The van der Waals surface area contributed by atoms with Crippen molar-refractivity contribution in [3.63, 3.8) is 0 Å². The van der Waals surface area contributed by atoms with Crippen molar-refractivity contribution in [3.05, 3.63) is 76.3 Å². The predicted molar refractivity (Wildman–Crippen MR) is 328 cm³/mol. The van der Waals surface area contributed by atoms with Crippen LogP contribution >= 0.6 is 23.2 Å². The van der Waals surface area contributed by atoms with Gasteiger partial charge in [-0.15, -0.1) is 0 Å². The molecule has 88 heavy (non-hydrogen) atoms. The first-order valence-electron chi connectivity index (χ1n) is 31.1. The van der Waals surface area contributed by atoms with Gasteiger partial charge in [0.2, 0.25) is 0 Å². The fourth-order valence-electron chi connectivity index (χ4n) is 14.2. The summed E-state index contributed by atoms with van der Waals surface area (Å²) in [5.74, 6) is -3.81. The third-order valence-corrected chi connectivity index (χ3v) is 20.1. The van der Waals surface area contributed by atoms with E-state index >= 15 is 9.59 Å². The lowest BCUT2D eigenvalue weighted by atomic mass is 9.73. The molecular weight excluding hydrogens is 1180 g/mol. The monoisotopic (exact) mass is 1270 g/mol. The summed E-state index contributed by atoms with van der Waals surface area (Å²) in [7, 11) is 6.22. The Balaban J connectivity index is 1.16. The first-order valence-corrected chi connectivity index (χ1v) is 31.8. The summed E-state index contributed by atoms with van der Waals surface area (Å²) in [4.78, 5) is 73.1. The highest BCUT2D eigenvalue weighted by molar-refractivity contribution is 6.35. The minimum atomic E-state index is -1.57. The molecule has 0 unspecified atom stereocenters. The van der Waals surface area contributed by atoms with Gasteiger partial charge in [0, 0.05) is 107 Å². The molecule has 5 fully saturated rings. The molecule has 0 spiro atoms. The number of pyridine rings is 2. The van der Waals surface area contributed by atoms with Crippen LogP contribution in [0.5, 0.6) is 11.5 Å². The number of carbonyl (C=O) groups is 4. The normalized spacial score (nSPS) is 35.2. The third-order valence-electron chi connectivity index (χ3n) is 19.4. The van der Waals surface area contributed by atoms with Crippen LogP contribution in [-0.4, -0.2) is 185 Å². The molecule has 18 atom stereocenters. The highest BCUT2D eigenvalue weighted by Gasteiger charge is 2.61. The molecule has 6 heterocycles. The Morgan fingerprint density at radius 3 is 2.19 bits per heavy atom. The molecule has 1 saturated carbocycles. The zero-order valence-corrected chi connectivity index (χ0v) is 55.0. The number of Topliss-reactive ketones (excluding diaryl/α,β-unsaturated/α-hetero) is 1. The number of methoxy groups -OCH3 is 3. The Morgan fingerprint density at radius 1 is 0.864 bits per heavy atom. The second-order valence-corrected chi connectivity index (χ2v) is 26.4. The zero-order valence-electron chi connectivity index (χ0n) is 53.5. The molecule has 4 aliphatic heterocycles. The predicted octanol–water partition coefficient (Wildman–Crippen LogP) is 9.64. The van der Waals surface area contributed by atoms with Gasteiger partial charge in [-0.05, 0) is 117 Å². The second-order valence-electron chi connectivity index (χ2n) is 25.6. The van der Waals surface area contributed by atoms with Crippen LogP contribution in [0, 0.1) is 23.7 Å². The third kappa shape index (κ3) is 14.7. The average Bonchev–Trinajstić information content (AvgIpc) is 1.96. The summed E-state index contributed by atoms with van der Waals surface area (Å²) in [5, 5.41) is 24.4. The molecular formula is C65H93Cl2N5O16. The number of amides is 2. The van der Waals surface area contributed by atoms with Gasteiger partial charge in [-0.25, -0.2) is 4.79 Å². The van der Waals surface area contributed by atoms with Gasteiger partial charge in [0.05, 0.1) is 82.4 Å². The Morgan fingerprint density at radius 2 is 1.56 bits per heavy atom. The first kappa shape index (κ1) is 69.0. The van der Waals surface area contributed by atoms with E-state index in [2.05, 4.69) is 14.9 Å². The van der Waals surface area contributed by atoms with E-state index in [9.17, 15) is 19.8 Å². The standard InChI is InChI=1S/C65H93Cl2N5O16/c1-15-51-65(10)56(72(62(78)88-65)27-19-26-71(35-45-46(66)33-69-34-47(45)67)43-23-24-49(79-12)50(29-43)84-44-21-16-17-22-44)38(4)53(73)36(2)30-64(9,81-14)58(87-61-54(74)48(28-37(3)82-61)70(11)59(76)42-20-18-25-68-32-42)39(5)55(40(6)60(77)85-51)86-52-31-63(8,80-13)57(75)41(7)83-52/h18,20,23-25,29,32-34,36-41,44,48,51-52,54-58,61,74-75H,15-17,19,21-22,26-28,30-31,35H2,1-14H3/t36-,37-,38+,39+,40-,41+,48+,51-,52+,54-,55+,56-,57+,58-,61+,63-,64-,65-/m1/s1.